The van der Waals surface area contributed by atoms with Gasteiger partial charge in [0.25, 0.3) is 0 Å². The Balaban J connectivity index is 3.11. The molecule has 0 saturated heterocycles. The summed E-state index contributed by atoms with van der Waals surface area (Å²) in [5.74, 6) is 0.144. The van der Waals surface area contributed by atoms with Gasteiger partial charge in [0.15, 0.2) is 9.84 Å². The van der Waals surface area contributed by atoms with Gasteiger partial charge in [-0.05, 0) is 24.5 Å². The molecule has 0 unspecified atom stereocenters. The molecular weight excluding hydrogens is 234 g/mol. The molecule has 2 atom stereocenters. The number of benzene rings is 1. The van der Waals surface area contributed by atoms with Crippen LogP contribution >= 0.6 is 0 Å². The van der Waals surface area contributed by atoms with E-state index in [1.165, 1.54) is 0 Å². The predicted molar refractivity (Wildman–Crippen MR) is 71.6 cm³/mol. The first kappa shape index (κ1) is 14.2. The summed E-state index contributed by atoms with van der Waals surface area (Å²) in [6.07, 6.45) is 0.547. The lowest BCUT2D eigenvalue weighted by molar-refractivity contribution is 0.548. The van der Waals surface area contributed by atoms with Crippen molar-refractivity contribution in [3.63, 3.8) is 0 Å². The molecule has 0 aliphatic rings. The second-order valence-electron chi connectivity index (χ2n) is 4.28. The number of hydrogen-bond acceptors (Lipinski definition) is 3. The van der Waals surface area contributed by atoms with E-state index < -0.39 is 21.1 Å². The summed E-state index contributed by atoms with van der Waals surface area (Å²) in [6.45, 7) is 5.50. The Labute approximate surface area is 104 Å². The molecule has 0 aliphatic heterocycles. The van der Waals surface area contributed by atoms with Gasteiger partial charge in [-0.15, -0.1) is 0 Å². The van der Waals surface area contributed by atoms with Gasteiger partial charge in [0.2, 0.25) is 0 Å². The summed E-state index contributed by atoms with van der Waals surface area (Å²) < 4.78 is 24.0. The largest absolute Gasteiger partial charge is 0.323 e. The molecule has 17 heavy (non-hydrogen) atoms. The molecule has 0 radical (unpaired) electrons. The number of sulfone groups is 1. The zero-order chi connectivity index (χ0) is 13.1. The second kappa shape index (κ2) is 5.65. The number of rotatable bonds is 5. The first-order valence-electron chi connectivity index (χ1n) is 5.96. The summed E-state index contributed by atoms with van der Waals surface area (Å²) in [6, 6.07) is 7.26. The second-order valence-corrected chi connectivity index (χ2v) is 6.79. The zero-order valence-corrected chi connectivity index (χ0v) is 11.5. The quantitative estimate of drug-likeness (QED) is 0.877. The maximum atomic E-state index is 12.0. The minimum atomic E-state index is -3.10. The van der Waals surface area contributed by atoms with Crippen molar-refractivity contribution in [3.05, 3.63) is 35.4 Å². The van der Waals surface area contributed by atoms with Gasteiger partial charge < -0.3 is 5.73 Å². The van der Waals surface area contributed by atoms with E-state index >= 15 is 0 Å². The Morgan fingerprint density at radius 2 is 1.82 bits per heavy atom. The van der Waals surface area contributed by atoms with E-state index in [4.69, 9.17) is 5.73 Å². The summed E-state index contributed by atoms with van der Waals surface area (Å²) in [4.78, 5) is 0. The van der Waals surface area contributed by atoms with Crippen molar-refractivity contribution in [2.75, 3.05) is 5.75 Å². The van der Waals surface area contributed by atoms with Gasteiger partial charge in [0.05, 0.1) is 5.25 Å². The zero-order valence-electron chi connectivity index (χ0n) is 10.7. The highest BCUT2D eigenvalue weighted by Gasteiger charge is 2.29. The average Bonchev–Trinajstić information content (AvgIpc) is 2.30. The lowest BCUT2D eigenvalue weighted by atomic mass is 9.98. The Morgan fingerprint density at radius 3 is 2.29 bits per heavy atom. The van der Waals surface area contributed by atoms with Gasteiger partial charge in [0, 0.05) is 11.8 Å². The van der Waals surface area contributed by atoms with Crippen LogP contribution in [-0.2, 0) is 9.84 Å². The maximum absolute atomic E-state index is 12.0. The van der Waals surface area contributed by atoms with Gasteiger partial charge in [-0.25, -0.2) is 8.42 Å². The van der Waals surface area contributed by atoms with Crippen molar-refractivity contribution in [3.8, 4) is 0 Å². The minimum Gasteiger partial charge on any atom is -0.323 e. The first-order valence-corrected chi connectivity index (χ1v) is 7.68. The van der Waals surface area contributed by atoms with Crippen LogP contribution in [0.15, 0.2) is 24.3 Å². The van der Waals surface area contributed by atoms with Gasteiger partial charge in [-0.3, -0.25) is 0 Å². The predicted octanol–water partition coefficient (Wildman–Crippen LogP) is 2.21. The summed E-state index contributed by atoms with van der Waals surface area (Å²) in [5.41, 5.74) is 8.11. The van der Waals surface area contributed by atoms with Crippen LogP contribution in [0.25, 0.3) is 0 Å². The van der Waals surface area contributed by atoms with E-state index in [2.05, 4.69) is 0 Å². The highest BCUT2D eigenvalue weighted by atomic mass is 32.2. The number of nitrogens with two attached hydrogens (primary N) is 1. The standard InChI is InChI=1S/C13H21NO2S/c1-4-12(17(15,16)5-2)13(14)11-9-7-6-8-10(11)3/h6-9,12-13H,4-5,14H2,1-3H3/t12-,13+/m0/s1. The van der Waals surface area contributed by atoms with Crippen LogP contribution in [0.2, 0.25) is 0 Å². The van der Waals surface area contributed by atoms with Crippen LogP contribution in [0.5, 0.6) is 0 Å². The number of hydrogen-bond donors (Lipinski definition) is 1. The smallest absolute Gasteiger partial charge is 0.154 e. The molecule has 1 aromatic rings. The summed E-state index contributed by atoms with van der Waals surface area (Å²) >= 11 is 0. The molecule has 3 nitrogen and oxygen atoms in total. The molecule has 0 fully saturated rings. The maximum Gasteiger partial charge on any atom is 0.154 e. The lowest BCUT2D eigenvalue weighted by Crippen LogP contribution is -2.34. The fourth-order valence-electron chi connectivity index (χ4n) is 2.11. The minimum absolute atomic E-state index is 0.144. The van der Waals surface area contributed by atoms with Crippen LogP contribution in [0, 0.1) is 6.92 Å². The van der Waals surface area contributed by atoms with Crippen LogP contribution in [0.1, 0.15) is 37.4 Å². The summed E-state index contributed by atoms with van der Waals surface area (Å²) in [5, 5.41) is -0.492. The third-order valence-corrected chi connectivity index (χ3v) is 5.57. The van der Waals surface area contributed by atoms with E-state index in [9.17, 15) is 8.42 Å². The molecule has 0 aliphatic carbocycles. The fraction of sp³-hybridized carbons (Fsp3) is 0.538. The molecule has 4 heteroatoms. The van der Waals surface area contributed by atoms with E-state index in [1.54, 1.807) is 6.92 Å². The fourth-order valence-corrected chi connectivity index (χ4v) is 3.64. The van der Waals surface area contributed by atoms with E-state index in [0.717, 1.165) is 11.1 Å². The molecule has 0 spiro atoms. The third kappa shape index (κ3) is 3.07. The molecule has 0 aromatic heterocycles. The van der Waals surface area contributed by atoms with Crippen LogP contribution in [0.3, 0.4) is 0 Å². The van der Waals surface area contributed by atoms with Crippen molar-refractivity contribution in [2.45, 2.75) is 38.5 Å². The monoisotopic (exact) mass is 255 g/mol. The van der Waals surface area contributed by atoms with Crippen molar-refractivity contribution in [1.82, 2.24) is 0 Å². The van der Waals surface area contributed by atoms with Gasteiger partial charge in [0.1, 0.15) is 0 Å². The first-order chi connectivity index (χ1) is 7.94. The van der Waals surface area contributed by atoms with E-state index in [1.807, 2.05) is 38.1 Å². The average molecular weight is 255 g/mol. The van der Waals surface area contributed by atoms with Crippen molar-refractivity contribution in [2.24, 2.45) is 5.73 Å². The van der Waals surface area contributed by atoms with Gasteiger partial charge in [-0.2, -0.15) is 0 Å². The van der Waals surface area contributed by atoms with Crippen LogP contribution in [-0.4, -0.2) is 19.4 Å². The van der Waals surface area contributed by atoms with Gasteiger partial charge in [-0.1, -0.05) is 38.1 Å². The Morgan fingerprint density at radius 1 is 1.24 bits per heavy atom. The molecule has 0 heterocycles. The highest BCUT2D eigenvalue weighted by Crippen LogP contribution is 2.25. The van der Waals surface area contributed by atoms with Gasteiger partial charge >= 0.3 is 0 Å². The van der Waals surface area contributed by atoms with Crippen molar-refractivity contribution in [1.29, 1.82) is 0 Å². The van der Waals surface area contributed by atoms with Crippen molar-refractivity contribution < 1.29 is 8.42 Å². The normalized spacial score (nSPS) is 15.5. The topological polar surface area (TPSA) is 60.2 Å². The lowest BCUT2D eigenvalue weighted by Gasteiger charge is -2.23. The third-order valence-electron chi connectivity index (χ3n) is 3.21. The molecule has 0 bridgehead atoms. The van der Waals surface area contributed by atoms with E-state index in [0.29, 0.717) is 6.42 Å². The molecule has 1 aromatic carbocycles. The molecule has 2 N–H and O–H groups in total. The molecule has 0 amide bonds. The van der Waals surface area contributed by atoms with Crippen LogP contribution < -0.4 is 5.73 Å². The van der Waals surface area contributed by atoms with E-state index in [-0.39, 0.29) is 5.75 Å². The Kier molecular flexibility index (Phi) is 4.71. The molecule has 96 valence electrons. The molecular formula is C13H21NO2S. The summed E-state index contributed by atoms with van der Waals surface area (Å²) in [7, 11) is -3.10. The SMILES string of the molecule is CC[C@@H]([C@H](N)c1ccccc1C)S(=O)(=O)CC. The Hall–Kier alpha value is -0.870. The number of aryl methyl sites for hydroxylation is 1. The Bertz CT molecular complexity index is 468. The molecule has 0 saturated carbocycles. The highest BCUT2D eigenvalue weighted by molar-refractivity contribution is 7.92. The van der Waals surface area contributed by atoms with Crippen LogP contribution in [0.4, 0.5) is 0 Å². The van der Waals surface area contributed by atoms with Crippen molar-refractivity contribution >= 4 is 9.84 Å². The molecule has 1 rings (SSSR count).